The maximum absolute atomic E-state index is 12.6. The number of allylic oxidation sites excluding steroid dienone is 4. The van der Waals surface area contributed by atoms with Crippen LogP contribution in [0.15, 0.2) is 24.3 Å². The maximum Gasteiger partial charge on any atom is 0.306 e. The first-order valence-electron chi connectivity index (χ1n) is 22.0. The predicted octanol–water partition coefficient (Wildman–Crippen LogP) is 11.7. The van der Waals surface area contributed by atoms with Crippen molar-refractivity contribution in [2.45, 2.75) is 200 Å². The Hall–Kier alpha value is -1.51. The van der Waals surface area contributed by atoms with Gasteiger partial charge in [-0.25, -0.2) is 0 Å². The minimum absolute atomic E-state index is 0.0397. The zero-order chi connectivity index (χ0) is 40.0. The van der Waals surface area contributed by atoms with Crippen LogP contribution in [0.4, 0.5) is 0 Å². The fraction of sp³-hybridized carbons (Fsp3) is 0.864. The van der Waals surface area contributed by atoms with E-state index in [1.165, 1.54) is 128 Å². The quantitative estimate of drug-likeness (QED) is 0.0198. The van der Waals surface area contributed by atoms with E-state index in [1.54, 1.807) is 0 Å². The smallest absolute Gasteiger partial charge is 0.306 e. The minimum Gasteiger partial charge on any atom is -0.756 e. The second-order valence-corrected chi connectivity index (χ2v) is 17.5. The van der Waals surface area contributed by atoms with E-state index in [4.69, 9.17) is 18.5 Å². The van der Waals surface area contributed by atoms with Crippen LogP contribution in [0.2, 0.25) is 0 Å². The summed E-state index contributed by atoms with van der Waals surface area (Å²) in [5.41, 5.74) is 0. The molecule has 0 aromatic rings. The summed E-state index contributed by atoms with van der Waals surface area (Å²) in [5, 5.41) is 0. The molecule has 0 rings (SSSR count). The number of quaternary nitrogens is 1. The summed E-state index contributed by atoms with van der Waals surface area (Å²) in [6.07, 6.45) is 39.4. The molecule has 0 aliphatic heterocycles. The molecular weight excluding hydrogens is 701 g/mol. The van der Waals surface area contributed by atoms with E-state index in [2.05, 4.69) is 26.0 Å². The van der Waals surface area contributed by atoms with Gasteiger partial charge in [0.25, 0.3) is 7.82 Å². The molecule has 0 saturated heterocycles. The molecule has 1 unspecified atom stereocenters. The Labute approximate surface area is 332 Å². The highest BCUT2D eigenvalue weighted by Gasteiger charge is 2.21. The minimum atomic E-state index is -4.64. The van der Waals surface area contributed by atoms with Crippen molar-refractivity contribution in [2.75, 3.05) is 47.5 Å². The standard InChI is InChI=1S/C44H84NO8P/c1-6-8-10-12-14-16-18-20-22-24-26-28-30-32-34-36-43(46)50-40-42(41-52-54(48,49)51-39-38-45(3,4)5)53-44(47)37-35-33-31-29-27-25-23-21-19-17-15-13-11-9-7-2/h30-33,42H,6-29,34-41H2,1-5H3/b32-30+,33-31+/t42-/m1/s1. The second-order valence-electron chi connectivity index (χ2n) is 16.1. The number of carbonyl (C=O) groups excluding carboxylic acids is 2. The van der Waals surface area contributed by atoms with Crippen molar-refractivity contribution in [1.29, 1.82) is 0 Å². The molecule has 0 aliphatic carbocycles. The van der Waals surface area contributed by atoms with Crippen LogP contribution in [0.25, 0.3) is 0 Å². The van der Waals surface area contributed by atoms with E-state index in [1.807, 2.05) is 33.3 Å². The van der Waals surface area contributed by atoms with Crippen molar-refractivity contribution in [3.8, 4) is 0 Å². The second kappa shape index (κ2) is 37.1. The molecule has 0 aliphatic rings. The van der Waals surface area contributed by atoms with Gasteiger partial charge in [0.1, 0.15) is 19.8 Å². The number of nitrogens with zero attached hydrogens (tertiary/aromatic N) is 1. The zero-order valence-corrected chi connectivity index (χ0v) is 36.6. The number of phosphoric acid groups is 1. The lowest BCUT2D eigenvalue weighted by Gasteiger charge is -2.28. The first kappa shape index (κ1) is 52.5. The normalized spacial score (nSPS) is 13.8. The fourth-order valence-electron chi connectivity index (χ4n) is 5.98. The van der Waals surface area contributed by atoms with Gasteiger partial charge in [0, 0.05) is 12.8 Å². The SMILES string of the molecule is CCCCCCCCCCCCC/C=C/CCC(=O)OC[C@H](COP(=O)([O-])OCC[N+](C)(C)C)OC(=O)CC/C=C/CCCCCCCCCCCCC. The molecule has 10 heteroatoms. The predicted molar refractivity (Wildman–Crippen MR) is 222 cm³/mol. The highest BCUT2D eigenvalue weighted by atomic mass is 31.2. The van der Waals surface area contributed by atoms with Gasteiger partial charge in [0.15, 0.2) is 6.10 Å². The van der Waals surface area contributed by atoms with Gasteiger partial charge in [0.05, 0.1) is 27.7 Å². The van der Waals surface area contributed by atoms with E-state index >= 15 is 0 Å². The molecule has 318 valence electrons. The summed E-state index contributed by atoms with van der Waals surface area (Å²) >= 11 is 0. The molecule has 0 bridgehead atoms. The summed E-state index contributed by atoms with van der Waals surface area (Å²) in [6, 6.07) is 0. The number of unbranched alkanes of at least 4 members (excludes halogenated alkanes) is 22. The van der Waals surface area contributed by atoms with Crippen LogP contribution < -0.4 is 4.89 Å². The highest BCUT2D eigenvalue weighted by Crippen LogP contribution is 2.38. The van der Waals surface area contributed by atoms with Gasteiger partial charge in [-0.2, -0.15) is 0 Å². The molecule has 0 aromatic carbocycles. The number of hydrogen-bond donors (Lipinski definition) is 0. The molecule has 2 atom stereocenters. The van der Waals surface area contributed by atoms with Crippen LogP contribution >= 0.6 is 7.82 Å². The molecular formula is C44H84NO8P. The van der Waals surface area contributed by atoms with Gasteiger partial charge in [-0.15, -0.1) is 0 Å². The Morgan fingerprint density at radius 3 is 1.37 bits per heavy atom. The molecule has 0 N–H and O–H groups in total. The Kier molecular flexibility index (Phi) is 36.1. The maximum atomic E-state index is 12.6. The number of esters is 2. The summed E-state index contributed by atoms with van der Waals surface area (Å²) in [5.74, 6) is -0.943. The van der Waals surface area contributed by atoms with Crippen molar-refractivity contribution in [3.63, 3.8) is 0 Å². The number of rotatable bonds is 40. The number of carbonyl (C=O) groups is 2. The molecule has 0 fully saturated rings. The Balaban J connectivity index is 4.43. The molecule has 0 heterocycles. The average molecular weight is 786 g/mol. The summed E-state index contributed by atoms with van der Waals surface area (Å²) in [7, 11) is 1.14. The van der Waals surface area contributed by atoms with Crippen molar-refractivity contribution >= 4 is 19.8 Å². The monoisotopic (exact) mass is 786 g/mol. The summed E-state index contributed by atoms with van der Waals surface area (Å²) in [4.78, 5) is 37.4. The third-order valence-electron chi connectivity index (χ3n) is 9.47. The van der Waals surface area contributed by atoms with E-state index in [-0.39, 0.29) is 26.1 Å². The molecule has 0 radical (unpaired) electrons. The summed E-state index contributed by atoms with van der Waals surface area (Å²) < 4.78 is 33.8. The van der Waals surface area contributed by atoms with Crippen molar-refractivity contribution in [3.05, 3.63) is 24.3 Å². The molecule has 54 heavy (non-hydrogen) atoms. The third-order valence-corrected chi connectivity index (χ3v) is 10.4. The Bertz CT molecular complexity index is 980. The number of ether oxygens (including phenoxy) is 2. The molecule has 0 spiro atoms. The third kappa shape index (κ3) is 40.2. The van der Waals surface area contributed by atoms with Crippen LogP contribution in [-0.4, -0.2) is 70.0 Å². The van der Waals surface area contributed by atoms with Crippen LogP contribution in [0.5, 0.6) is 0 Å². The van der Waals surface area contributed by atoms with Crippen LogP contribution in [0, 0.1) is 0 Å². The lowest BCUT2D eigenvalue weighted by atomic mass is 10.1. The molecule has 0 aromatic heterocycles. The van der Waals surface area contributed by atoms with E-state index in [0.717, 1.165) is 25.7 Å². The lowest BCUT2D eigenvalue weighted by Crippen LogP contribution is -2.37. The lowest BCUT2D eigenvalue weighted by molar-refractivity contribution is -0.870. The van der Waals surface area contributed by atoms with Crippen LogP contribution in [0.1, 0.15) is 194 Å². The van der Waals surface area contributed by atoms with Crippen LogP contribution in [-0.2, 0) is 32.7 Å². The zero-order valence-electron chi connectivity index (χ0n) is 35.7. The van der Waals surface area contributed by atoms with Crippen molar-refractivity contribution < 1.29 is 42.1 Å². The van der Waals surface area contributed by atoms with Gasteiger partial charge >= 0.3 is 11.9 Å². The number of likely N-dealkylation sites (N-methyl/N-ethyl adjacent to an activating group) is 1. The molecule has 9 nitrogen and oxygen atoms in total. The Morgan fingerprint density at radius 2 is 0.944 bits per heavy atom. The van der Waals surface area contributed by atoms with Crippen molar-refractivity contribution in [2.24, 2.45) is 0 Å². The van der Waals surface area contributed by atoms with Gasteiger partial charge in [0.2, 0.25) is 0 Å². The van der Waals surface area contributed by atoms with Gasteiger partial charge < -0.3 is 27.9 Å². The largest absolute Gasteiger partial charge is 0.756 e. The number of hydrogen-bond acceptors (Lipinski definition) is 8. The first-order chi connectivity index (χ1) is 26.0. The van der Waals surface area contributed by atoms with Crippen molar-refractivity contribution in [1.82, 2.24) is 0 Å². The molecule has 0 saturated carbocycles. The Morgan fingerprint density at radius 1 is 0.556 bits per heavy atom. The highest BCUT2D eigenvalue weighted by molar-refractivity contribution is 7.45. The van der Waals surface area contributed by atoms with E-state index in [9.17, 15) is 19.0 Å². The van der Waals surface area contributed by atoms with E-state index in [0.29, 0.717) is 23.9 Å². The fourth-order valence-corrected chi connectivity index (χ4v) is 6.71. The van der Waals surface area contributed by atoms with Gasteiger partial charge in [-0.3, -0.25) is 14.2 Å². The van der Waals surface area contributed by atoms with Gasteiger partial charge in [-0.1, -0.05) is 167 Å². The van der Waals surface area contributed by atoms with E-state index < -0.39 is 32.5 Å². The molecule has 0 amide bonds. The number of phosphoric ester groups is 1. The first-order valence-corrected chi connectivity index (χ1v) is 23.5. The van der Waals surface area contributed by atoms with Crippen LogP contribution in [0.3, 0.4) is 0 Å². The topological polar surface area (TPSA) is 111 Å². The van der Waals surface area contributed by atoms with Gasteiger partial charge in [-0.05, 0) is 38.5 Å². The summed E-state index contributed by atoms with van der Waals surface area (Å²) in [6.45, 7) is 4.15. The average Bonchev–Trinajstić information content (AvgIpc) is 3.12.